The second kappa shape index (κ2) is 18.0. The molecule has 2 aliphatic rings. The molecule has 2 aromatic heterocycles. The summed E-state index contributed by atoms with van der Waals surface area (Å²) < 4.78 is 11.6. The fraction of sp³-hybridized carbons (Fsp3) is 0.277. The van der Waals surface area contributed by atoms with Crippen molar-refractivity contribution in [1.82, 2.24) is 24.7 Å². The van der Waals surface area contributed by atoms with Crippen LogP contribution in [0.25, 0.3) is 33.6 Å². The van der Waals surface area contributed by atoms with E-state index in [9.17, 15) is 19.2 Å². The van der Waals surface area contributed by atoms with Crippen molar-refractivity contribution >= 4 is 57.4 Å². The quantitative estimate of drug-likeness (QED) is 0.117. The Balaban J connectivity index is 0.861. The number of amides is 4. The summed E-state index contributed by atoms with van der Waals surface area (Å²) in [7, 11) is 5.31. The Morgan fingerprint density at radius 2 is 1.52 bits per heavy atom. The normalized spacial score (nSPS) is 16.8. The van der Waals surface area contributed by atoms with Crippen LogP contribution in [0.1, 0.15) is 54.2 Å². The maximum Gasteiger partial charge on any atom is 0.273 e. The van der Waals surface area contributed by atoms with Gasteiger partial charge in [-0.05, 0) is 106 Å². The number of methoxy groups -OCH3 is 1. The van der Waals surface area contributed by atoms with Crippen molar-refractivity contribution in [2.45, 2.75) is 50.2 Å². The Kier molecular flexibility index (Phi) is 12.1. The molecule has 4 heterocycles. The van der Waals surface area contributed by atoms with E-state index in [4.69, 9.17) is 20.8 Å². The molecule has 14 heteroatoms. The predicted octanol–water partition coefficient (Wildman–Crippen LogP) is 8.08. The number of anilines is 2. The minimum Gasteiger partial charge on any atom is -0.496 e. The van der Waals surface area contributed by atoms with Gasteiger partial charge >= 0.3 is 0 Å². The first-order chi connectivity index (χ1) is 29.6. The minimum absolute atomic E-state index is 0.0891. The number of pyridine rings is 1. The van der Waals surface area contributed by atoms with Crippen LogP contribution < -0.4 is 15.4 Å². The highest BCUT2D eigenvalue weighted by molar-refractivity contribution is 6.30. The van der Waals surface area contributed by atoms with Crippen LogP contribution in [0.5, 0.6) is 5.75 Å². The number of nitrogens with one attached hydrogen (secondary N) is 2. The molecular weight excluding hydrogens is 794 g/mol. The molecule has 13 nitrogen and oxygen atoms in total. The van der Waals surface area contributed by atoms with Gasteiger partial charge < -0.3 is 29.6 Å². The van der Waals surface area contributed by atoms with Crippen LogP contribution >= 0.6 is 11.6 Å². The van der Waals surface area contributed by atoms with Gasteiger partial charge in [-0.2, -0.15) is 0 Å². The number of fused-ring (bicyclic) bond motifs is 1. The van der Waals surface area contributed by atoms with E-state index in [0.717, 1.165) is 29.5 Å². The second-order valence-corrected chi connectivity index (χ2v) is 15.9. The number of likely N-dealkylation sites (tertiary alicyclic amines) is 2. The van der Waals surface area contributed by atoms with Crippen molar-refractivity contribution in [3.8, 4) is 28.5 Å². The van der Waals surface area contributed by atoms with Gasteiger partial charge in [0.05, 0.1) is 13.3 Å². The molecule has 0 saturated carbocycles. The van der Waals surface area contributed by atoms with Gasteiger partial charge in [-0.3, -0.25) is 24.1 Å². The van der Waals surface area contributed by atoms with Crippen LogP contribution in [0, 0.1) is 0 Å². The average molecular weight is 840 g/mol. The van der Waals surface area contributed by atoms with Gasteiger partial charge in [0.2, 0.25) is 23.6 Å². The highest BCUT2D eigenvalue weighted by Crippen LogP contribution is 2.33. The van der Waals surface area contributed by atoms with Crippen molar-refractivity contribution in [2.75, 3.05) is 44.9 Å². The molecule has 2 saturated heterocycles. The molecule has 0 aliphatic carbocycles. The van der Waals surface area contributed by atoms with Gasteiger partial charge in [0, 0.05) is 58.8 Å². The first-order valence-electron chi connectivity index (χ1n) is 20.3. The van der Waals surface area contributed by atoms with Crippen LogP contribution in [0.3, 0.4) is 0 Å². The zero-order chi connectivity index (χ0) is 42.6. The molecule has 312 valence electrons. The van der Waals surface area contributed by atoms with Crippen LogP contribution in [0.15, 0.2) is 114 Å². The molecule has 4 aromatic carbocycles. The van der Waals surface area contributed by atoms with Gasteiger partial charge in [-0.25, -0.2) is 9.97 Å². The molecular formula is C47H46ClN7O6. The molecule has 61 heavy (non-hydrogen) atoms. The third kappa shape index (κ3) is 8.84. The van der Waals surface area contributed by atoms with Crippen LogP contribution in [0.2, 0.25) is 5.15 Å². The molecule has 0 radical (unpaired) electrons. The molecule has 4 amide bonds. The third-order valence-electron chi connectivity index (χ3n) is 11.3. The van der Waals surface area contributed by atoms with Crippen LogP contribution in [-0.4, -0.2) is 94.7 Å². The summed E-state index contributed by atoms with van der Waals surface area (Å²) >= 11 is 6.33. The molecule has 6 aromatic rings. The fourth-order valence-electron chi connectivity index (χ4n) is 8.37. The highest BCUT2D eigenvalue weighted by atomic mass is 35.5. The van der Waals surface area contributed by atoms with E-state index in [0.29, 0.717) is 65.5 Å². The van der Waals surface area contributed by atoms with E-state index in [1.54, 1.807) is 59.5 Å². The van der Waals surface area contributed by atoms with Gasteiger partial charge in [0.1, 0.15) is 28.7 Å². The van der Waals surface area contributed by atoms with E-state index in [-0.39, 0.29) is 46.9 Å². The summed E-state index contributed by atoms with van der Waals surface area (Å²) in [5, 5.41) is 7.49. The van der Waals surface area contributed by atoms with E-state index in [2.05, 4.69) is 20.6 Å². The lowest BCUT2D eigenvalue weighted by Crippen LogP contribution is -2.47. The molecule has 8 rings (SSSR count). The first kappa shape index (κ1) is 41.2. The van der Waals surface area contributed by atoms with Crippen LogP contribution in [-0.2, 0) is 14.4 Å². The fourth-order valence-corrected chi connectivity index (χ4v) is 8.57. The van der Waals surface area contributed by atoms with Crippen molar-refractivity contribution in [3.05, 3.63) is 126 Å². The Labute approximate surface area is 358 Å². The number of nitrogens with zero attached hydrogens (tertiary/aromatic N) is 5. The minimum atomic E-state index is -0.564. The summed E-state index contributed by atoms with van der Waals surface area (Å²) in [6.07, 6.45) is 4.59. The third-order valence-corrected chi connectivity index (χ3v) is 11.5. The maximum atomic E-state index is 13.8. The lowest BCUT2D eigenvalue weighted by molar-refractivity contribution is -0.140. The number of hydrogen-bond acceptors (Lipinski definition) is 9. The number of hydrogen-bond donors (Lipinski definition) is 2. The van der Waals surface area contributed by atoms with E-state index < -0.39 is 12.1 Å². The Hall–Kier alpha value is -6.57. The molecule has 0 unspecified atom stereocenters. The number of carbonyl (C=O) groups excluding carboxylic acids is 4. The van der Waals surface area contributed by atoms with Crippen molar-refractivity contribution in [3.63, 3.8) is 0 Å². The average Bonchev–Trinajstić information content (AvgIpc) is 4.06. The van der Waals surface area contributed by atoms with Crippen molar-refractivity contribution < 1.29 is 28.3 Å². The Morgan fingerprint density at radius 1 is 0.836 bits per heavy atom. The topological polar surface area (TPSA) is 150 Å². The predicted molar refractivity (Wildman–Crippen MR) is 234 cm³/mol. The number of aromatic nitrogens is 2. The first-order valence-corrected chi connectivity index (χ1v) is 20.7. The van der Waals surface area contributed by atoms with Crippen LogP contribution in [0.4, 0.5) is 11.4 Å². The molecule has 2 aliphatic heterocycles. The molecule has 2 fully saturated rings. The second-order valence-electron chi connectivity index (χ2n) is 15.5. The molecule has 2 N–H and O–H groups in total. The monoisotopic (exact) mass is 839 g/mol. The molecule has 0 spiro atoms. The standard InChI is InChI=1S/C47H46ClN7O6/c1-53(2)43(30-10-5-4-6-11-30)47(59)55-25-9-14-37(55)44(57)51-33-22-18-31(19-23-33)45-49-28-39(61-45)29-16-20-32(21-17-29)50-41(56)26-34-12-8-24-54(34)46(58)42-35-13-7-15-38(60-3)36(35)27-40(48)52-42/h4-7,10-11,13,15-23,27-28,34,37,43H,8-9,12,14,24-26H2,1-3H3,(H,50,56)(H,51,57)/t34-,37-,43+/m0/s1. The summed E-state index contributed by atoms with van der Waals surface area (Å²) in [6, 6.07) is 29.9. The molecule has 3 atom stereocenters. The summed E-state index contributed by atoms with van der Waals surface area (Å²) in [5.74, 6) is 0.756. The van der Waals surface area contributed by atoms with Gasteiger partial charge in [0.15, 0.2) is 5.76 Å². The number of oxazole rings is 1. The van der Waals surface area contributed by atoms with Crippen molar-refractivity contribution in [2.24, 2.45) is 0 Å². The highest BCUT2D eigenvalue weighted by Gasteiger charge is 2.38. The lowest BCUT2D eigenvalue weighted by atomic mass is 10.0. The zero-order valence-electron chi connectivity index (χ0n) is 34.1. The lowest BCUT2D eigenvalue weighted by Gasteiger charge is -2.31. The maximum absolute atomic E-state index is 13.8. The summed E-state index contributed by atoms with van der Waals surface area (Å²) in [5.41, 5.74) is 3.82. The van der Waals surface area contributed by atoms with E-state index >= 15 is 0 Å². The SMILES string of the molecule is COc1cccc2c(C(=O)N3CCC[C@H]3CC(=O)Nc3ccc(-c4cnc(-c5ccc(NC(=O)[C@@H]6CCCN6C(=O)[C@@H](c6ccccc6)N(C)C)cc5)o4)cc3)nc(Cl)cc12. The smallest absolute Gasteiger partial charge is 0.273 e. The largest absolute Gasteiger partial charge is 0.496 e. The van der Waals surface area contributed by atoms with Crippen molar-refractivity contribution in [1.29, 1.82) is 0 Å². The number of benzene rings is 4. The number of carbonyl (C=O) groups is 4. The van der Waals surface area contributed by atoms with E-state index in [1.165, 1.54) is 0 Å². The molecule has 0 bridgehead atoms. The van der Waals surface area contributed by atoms with E-state index in [1.807, 2.05) is 85.7 Å². The number of halogens is 1. The summed E-state index contributed by atoms with van der Waals surface area (Å²) in [6.45, 7) is 1.04. The number of rotatable bonds is 12. The Bertz CT molecular complexity index is 2560. The Morgan fingerprint density at radius 3 is 2.25 bits per heavy atom. The number of ether oxygens (including phenoxy) is 1. The van der Waals surface area contributed by atoms with Gasteiger partial charge in [0.25, 0.3) is 5.91 Å². The number of likely N-dealkylation sites (N-methyl/N-ethyl adjacent to an activating group) is 1. The zero-order valence-corrected chi connectivity index (χ0v) is 34.9. The van der Waals surface area contributed by atoms with Gasteiger partial charge in [-0.1, -0.05) is 54.1 Å². The van der Waals surface area contributed by atoms with Gasteiger partial charge in [-0.15, -0.1) is 0 Å². The summed E-state index contributed by atoms with van der Waals surface area (Å²) in [4.78, 5) is 68.5.